The lowest BCUT2D eigenvalue weighted by Gasteiger charge is -2.05. The number of rotatable bonds is 4. The van der Waals surface area contributed by atoms with Gasteiger partial charge in [0.15, 0.2) is 11.6 Å². The van der Waals surface area contributed by atoms with Crippen LogP contribution in [-0.4, -0.2) is 24.5 Å². The van der Waals surface area contributed by atoms with Crippen molar-refractivity contribution in [3.63, 3.8) is 0 Å². The van der Waals surface area contributed by atoms with Gasteiger partial charge in [-0.2, -0.15) is 0 Å². The Morgan fingerprint density at radius 1 is 1.67 bits per heavy atom. The second-order valence-electron chi connectivity index (χ2n) is 2.83. The molecule has 0 atom stereocenters. The number of pyridine rings is 1. The predicted molar refractivity (Wildman–Crippen MR) is 56.4 cm³/mol. The Morgan fingerprint density at radius 2 is 2.40 bits per heavy atom. The summed E-state index contributed by atoms with van der Waals surface area (Å²) >= 11 is 5.53. The average Bonchev–Trinajstić information content (AvgIpc) is 2.21. The monoisotopic (exact) mass is 231 g/mol. The molecule has 1 rings (SSSR count). The zero-order valence-electron chi connectivity index (χ0n) is 8.18. The molecule has 0 saturated carbocycles. The Morgan fingerprint density at radius 3 is 3.00 bits per heavy atom. The maximum Gasteiger partial charge on any atom is 0.221 e. The first-order chi connectivity index (χ1) is 7.13. The smallest absolute Gasteiger partial charge is 0.221 e. The highest BCUT2D eigenvalue weighted by Crippen LogP contribution is 2.15. The molecule has 2 N–H and O–H groups in total. The number of hydrogen-bond acceptors (Lipinski definition) is 3. The SMILES string of the molecule is CNC(=O)CCNc1ncc(Cl)cc1F. The van der Waals surface area contributed by atoms with Crippen molar-refractivity contribution in [1.82, 2.24) is 10.3 Å². The molecule has 0 aliphatic rings. The quantitative estimate of drug-likeness (QED) is 0.824. The lowest BCUT2D eigenvalue weighted by atomic mass is 10.4. The molecular weight excluding hydrogens is 221 g/mol. The summed E-state index contributed by atoms with van der Waals surface area (Å²) in [4.78, 5) is 14.6. The number of carbonyl (C=O) groups is 1. The van der Waals surface area contributed by atoms with Gasteiger partial charge in [-0.1, -0.05) is 11.6 Å². The summed E-state index contributed by atoms with van der Waals surface area (Å²) in [5.74, 6) is -0.542. The van der Waals surface area contributed by atoms with Crippen molar-refractivity contribution in [3.8, 4) is 0 Å². The fraction of sp³-hybridized carbons (Fsp3) is 0.333. The summed E-state index contributed by atoms with van der Waals surface area (Å²) in [6.07, 6.45) is 1.60. The van der Waals surface area contributed by atoms with Gasteiger partial charge in [-0.25, -0.2) is 9.37 Å². The third-order valence-electron chi connectivity index (χ3n) is 1.73. The number of anilines is 1. The molecule has 0 fully saturated rings. The first-order valence-corrected chi connectivity index (χ1v) is 4.76. The van der Waals surface area contributed by atoms with Crippen molar-refractivity contribution in [1.29, 1.82) is 0 Å². The number of halogens is 2. The van der Waals surface area contributed by atoms with Gasteiger partial charge in [-0.05, 0) is 6.07 Å². The third-order valence-corrected chi connectivity index (χ3v) is 1.94. The molecule has 0 aliphatic carbocycles. The lowest BCUT2D eigenvalue weighted by molar-refractivity contribution is -0.120. The molecule has 82 valence electrons. The van der Waals surface area contributed by atoms with Crippen LogP contribution in [0.15, 0.2) is 12.3 Å². The first kappa shape index (κ1) is 11.7. The van der Waals surface area contributed by atoms with Crippen LogP contribution in [0.1, 0.15) is 6.42 Å². The molecule has 0 bridgehead atoms. The lowest BCUT2D eigenvalue weighted by Crippen LogP contribution is -2.21. The summed E-state index contributed by atoms with van der Waals surface area (Å²) in [5, 5.41) is 5.40. The number of carbonyl (C=O) groups excluding carboxylic acids is 1. The van der Waals surface area contributed by atoms with E-state index in [1.807, 2.05) is 0 Å². The number of amides is 1. The first-order valence-electron chi connectivity index (χ1n) is 4.39. The second-order valence-corrected chi connectivity index (χ2v) is 3.27. The number of aromatic nitrogens is 1. The number of nitrogens with zero attached hydrogens (tertiary/aromatic N) is 1. The van der Waals surface area contributed by atoms with Crippen LogP contribution in [0.25, 0.3) is 0 Å². The highest BCUT2D eigenvalue weighted by Gasteiger charge is 2.04. The van der Waals surface area contributed by atoms with E-state index in [4.69, 9.17) is 11.6 Å². The summed E-state index contributed by atoms with van der Waals surface area (Å²) in [7, 11) is 1.55. The van der Waals surface area contributed by atoms with E-state index >= 15 is 0 Å². The Balaban J connectivity index is 2.47. The molecule has 0 spiro atoms. The van der Waals surface area contributed by atoms with E-state index < -0.39 is 5.82 Å². The Labute approximate surface area is 91.8 Å². The number of hydrogen-bond donors (Lipinski definition) is 2. The van der Waals surface area contributed by atoms with E-state index in [2.05, 4.69) is 15.6 Å². The molecule has 6 heteroatoms. The fourth-order valence-electron chi connectivity index (χ4n) is 0.964. The van der Waals surface area contributed by atoms with Crippen LogP contribution in [0.5, 0.6) is 0 Å². The highest BCUT2D eigenvalue weighted by atomic mass is 35.5. The molecule has 1 aromatic rings. The molecule has 15 heavy (non-hydrogen) atoms. The van der Waals surface area contributed by atoms with Gasteiger partial charge in [-0.3, -0.25) is 4.79 Å². The van der Waals surface area contributed by atoms with Crippen LogP contribution in [0, 0.1) is 5.82 Å². The third kappa shape index (κ3) is 3.71. The topological polar surface area (TPSA) is 54.0 Å². The molecule has 1 aromatic heterocycles. The van der Waals surface area contributed by atoms with E-state index in [0.29, 0.717) is 6.54 Å². The normalized spacial score (nSPS) is 9.80. The van der Waals surface area contributed by atoms with E-state index in [1.165, 1.54) is 6.20 Å². The molecule has 1 heterocycles. The zero-order valence-corrected chi connectivity index (χ0v) is 8.94. The van der Waals surface area contributed by atoms with Crippen LogP contribution < -0.4 is 10.6 Å². The van der Waals surface area contributed by atoms with Gasteiger partial charge >= 0.3 is 0 Å². The molecule has 0 unspecified atom stereocenters. The van der Waals surface area contributed by atoms with E-state index in [1.54, 1.807) is 7.05 Å². The largest absolute Gasteiger partial charge is 0.367 e. The minimum atomic E-state index is -0.528. The van der Waals surface area contributed by atoms with Crippen molar-refractivity contribution in [2.45, 2.75) is 6.42 Å². The minimum absolute atomic E-state index is 0.100. The Kier molecular flexibility index (Phi) is 4.30. The molecule has 0 radical (unpaired) electrons. The van der Waals surface area contributed by atoms with Crippen LogP contribution in [0.3, 0.4) is 0 Å². The minimum Gasteiger partial charge on any atom is -0.367 e. The van der Waals surface area contributed by atoms with Crippen molar-refractivity contribution in [2.24, 2.45) is 0 Å². The summed E-state index contributed by atoms with van der Waals surface area (Å²) < 4.78 is 13.1. The maximum absolute atomic E-state index is 13.1. The van der Waals surface area contributed by atoms with Crippen LogP contribution >= 0.6 is 11.6 Å². The second kappa shape index (κ2) is 5.50. The van der Waals surface area contributed by atoms with Gasteiger partial charge in [0, 0.05) is 26.2 Å². The summed E-state index contributed by atoms with van der Waals surface area (Å²) in [6.45, 7) is 0.325. The van der Waals surface area contributed by atoms with Crippen molar-refractivity contribution in [3.05, 3.63) is 23.1 Å². The molecule has 0 aliphatic heterocycles. The molecule has 0 aromatic carbocycles. The highest BCUT2D eigenvalue weighted by molar-refractivity contribution is 6.30. The zero-order chi connectivity index (χ0) is 11.3. The van der Waals surface area contributed by atoms with Crippen LogP contribution in [-0.2, 0) is 4.79 Å². The van der Waals surface area contributed by atoms with Crippen LogP contribution in [0.2, 0.25) is 5.02 Å². The van der Waals surface area contributed by atoms with Crippen molar-refractivity contribution in [2.75, 3.05) is 18.9 Å². The summed E-state index contributed by atoms with van der Waals surface area (Å²) in [6, 6.07) is 1.16. The van der Waals surface area contributed by atoms with Gasteiger partial charge in [0.25, 0.3) is 0 Å². The molecule has 4 nitrogen and oxygen atoms in total. The van der Waals surface area contributed by atoms with E-state index in [-0.39, 0.29) is 23.2 Å². The van der Waals surface area contributed by atoms with E-state index in [9.17, 15) is 9.18 Å². The predicted octanol–water partition coefficient (Wildman–Crippen LogP) is 1.42. The van der Waals surface area contributed by atoms with Gasteiger partial charge in [0.1, 0.15) is 0 Å². The van der Waals surface area contributed by atoms with Gasteiger partial charge in [-0.15, -0.1) is 0 Å². The van der Waals surface area contributed by atoms with Gasteiger partial charge in [0.2, 0.25) is 5.91 Å². The standard InChI is InChI=1S/C9H11ClFN3O/c1-12-8(15)2-3-13-9-7(11)4-6(10)5-14-9/h4-5H,2-3H2,1H3,(H,12,15)(H,13,14). The van der Waals surface area contributed by atoms with Crippen LogP contribution in [0.4, 0.5) is 10.2 Å². The number of nitrogens with one attached hydrogen (secondary N) is 2. The Bertz CT molecular complexity index is 359. The van der Waals surface area contributed by atoms with Gasteiger partial charge < -0.3 is 10.6 Å². The maximum atomic E-state index is 13.1. The fourth-order valence-corrected chi connectivity index (χ4v) is 1.11. The van der Waals surface area contributed by atoms with E-state index in [0.717, 1.165) is 6.07 Å². The molecule has 0 saturated heterocycles. The van der Waals surface area contributed by atoms with Crippen molar-refractivity contribution >= 4 is 23.3 Å². The average molecular weight is 232 g/mol. The molecule has 1 amide bonds. The van der Waals surface area contributed by atoms with Gasteiger partial charge in [0.05, 0.1) is 5.02 Å². The summed E-state index contributed by atoms with van der Waals surface area (Å²) in [5.41, 5.74) is 0. The van der Waals surface area contributed by atoms with Crippen molar-refractivity contribution < 1.29 is 9.18 Å². The molecular formula is C9H11ClFN3O. The Hall–Kier alpha value is -1.36.